The molecule has 0 saturated heterocycles. The van der Waals surface area contributed by atoms with Crippen LogP contribution in [0, 0.1) is 5.82 Å². The molecule has 1 aliphatic rings. The Morgan fingerprint density at radius 3 is 2.50 bits per heavy atom. The van der Waals surface area contributed by atoms with Crippen LogP contribution in [-0.4, -0.2) is 17.7 Å². The van der Waals surface area contributed by atoms with Gasteiger partial charge >= 0.3 is 0 Å². The molecule has 1 aromatic rings. The van der Waals surface area contributed by atoms with E-state index in [0.29, 0.717) is 12.2 Å². The Hall–Kier alpha value is -0.930. The van der Waals surface area contributed by atoms with Gasteiger partial charge in [0.15, 0.2) is 0 Å². The molecule has 112 valence electrons. The lowest BCUT2D eigenvalue weighted by atomic mass is 9.77. The normalized spacial score (nSPS) is 17.8. The molecule has 1 saturated carbocycles. The van der Waals surface area contributed by atoms with Crippen LogP contribution in [0.15, 0.2) is 24.3 Å². The Kier molecular flexibility index (Phi) is 4.82. The second-order valence-corrected chi connectivity index (χ2v) is 6.84. The van der Waals surface area contributed by atoms with Gasteiger partial charge in [-0.25, -0.2) is 4.39 Å². The van der Waals surface area contributed by atoms with Crippen molar-refractivity contribution in [2.45, 2.75) is 64.2 Å². The third kappa shape index (κ3) is 4.29. The van der Waals surface area contributed by atoms with Crippen LogP contribution in [0.4, 0.5) is 4.39 Å². The molecule has 1 N–H and O–H groups in total. The van der Waals surface area contributed by atoms with Gasteiger partial charge in [0.1, 0.15) is 5.82 Å². The third-order valence-electron chi connectivity index (χ3n) is 3.99. The Morgan fingerprint density at radius 1 is 1.25 bits per heavy atom. The van der Waals surface area contributed by atoms with Crippen LogP contribution >= 0.6 is 0 Å². The van der Waals surface area contributed by atoms with Crippen LogP contribution < -0.4 is 5.32 Å². The van der Waals surface area contributed by atoms with E-state index in [1.54, 1.807) is 12.1 Å². The summed E-state index contributed by atoms with van der Waals surface area (Å²) in [5, 5.41) is 3.50. The van der Waals surface area contributed by atoms with Gasteiger partial charge in [-0.15, -0.1) is 0 Å². The number of halogens is 1. The van der Waals surface area contributed by atoms with E-state index in [0.717, 1.165) is 25.8 Å². The molecule has 20 heavy (non-hydrogen) atoms. The van der Waals surface area contributed by atoms with Gasteiger partial charge < -0.3 is 10.1 Å². The van der Waals surface area contributed by atoms with Gasteiger partial charge in [-0.3, -0.25) is 0 Å². The molecule has 0 bridgehead atoms. The van der Waals surface area contributed by atoms with E-state index in [-0.39, 0.29) is 17.0 Å². The second-order valence-electron chi connectivity index (χ2n) is 6.84. The largest absolute Gasteiger partial charge is 0.370 e. The van der Waals surface area contributed by atoms with Crippen molar-refractivity contribution in [2.75, 3.05) is 6.54 Å². The molecule has 0 aliphatic heterocycles. The first kappa shape index (κ1) is 15.5. The number of benzene rings is 1. The van der Waals surface area contributed by atoms with E-state index in [1.807, 2.05) is 6.07 Å². The third-order valence-corrected chi connectivity index (χ3v) is 3.99. The van der Waals surface area contributed by atoms with Crippen molar-refractivity contribution in [3.63, 3.8) is 0 Å². The molecule has 2 rings (SSSR count). The summed E-state index contributed by atoms with van der Waals surface area (Å²) in [7, 11) is 0. The van der Waals surface area contributed by atoms with E-state index in [9.17, 15) is 4.39 Å². The lowest BCUT2D eigenvalue weighted by molar-refractivity contribution is -0.115. The summed E-state index contributed by atoms with van der Waals surface area (Å²) in [4.78, 5) is 0. The van der Waals surface area contributed by atoms with Gasteiger partial charge in [0, 0.05) is 11.1 Å². The van der Waals surface area contributed by atoms with Crippen molar-refractivity contribution < 1.29 is 9.13 Å². The molecular formula is C17H26FNO. The molecule has 1 fully saturated rings. The zero-order valence-electron chi connectivity index (χ0n) is 12.8. The Bertz CT molecular complexity index is 435. The molecule has 0 unspecified atom stereocenters. The molecule has 3 heteroatoms. The summed E-state index contributed by atoms with van der Waals surface area (Å²) in [6.07, 6.45) is 4.39. The number of hydrogen-bond acceptors (Lipinski definition) is 2. The van der Waals surface area contributed by atoms with Gasteiger partial charge in [0.25, 0.3) is 0 Å². The van der Waals surface area contributed by atoms with Crippen molar-refractivity contribution in [2.24, 2.45) is 0 Å². The minimum absolute atomic E-state index is 0.0411. The van der Waals surface area contributed by atoms with Crippen LogP contribution in [0.2, 0.25) is 0 Å². The Labute approximate surface area is 121 Å². The topological polar surface area (TPSA) is 21.3 Å². The van der Waals surface area contributed by atoms with Crippen LogP contribution in [0.5, 0.6) is 0 Å². The lowest BCUT2D eigenvalue weighted by Crippen LogP contribution is -2.45. The van der Waals surface area contributed by atoms with Crippen molar-refractivity contribution in [3.05, 3.63) is 35.6 Å². The first-order chi connectivity index (χ1) is 9.40. The minimum atomic E-state index is -0.171. The highest BCUT2D eigenvalue weighted by molar-refractivity contribution is 5.16. The number of nitrogens with one attached hydrogen (secondary N) is 1. The highest BCUT2D eigenvalue weighted by Gasteiger charge is 2.37. The minimum Gasteiger partial charge on any atom is -0.370 e. The first-order valence-electron chi connectivity index (χ1n) is 7.53. The standard InChI is InChI=1S/C17H26FNO/c1-16(2,3)19-12-11-17(9-6-10-17)20-13-14-7-4-5-8-15(14)18/h4-5,7-8,19H,6,9-13H2,1-3H3. The zero-order chi connectivity index (χ0) is 14.6. The van der Waals surface area contributed by atoms with Crippen LogP contribution in [0.1, 0.15) is 52.0 Å². The SMILES string of the molecule is CC(C)(C)NCCC1(OCc2ccccc2F)CCC1. The van der Waals surface area contributed by atoms with Crippen molar-refractivity contribution in [1.29, 1.82) is 0 Å². The summed E-state index contributed by atoms with van der Waals surface area (Å²) in [6, 6.07) is 6.87. The quantitative estimate of drug-likeness (QED) is 0.848. The van der Waals surface area contributed by atoms with E-state index in [4.69, 9.17) is 4.74 Å². The van der Waals surface area contributed by atoms with Gasteiger partial charge in [-0.1, -0.05) is 18.2 Å². The molecule has 0 radical (unpaired) electrons. The molecule has 0 amide bonds. The maximum Gasteiger partial charge on any atom is 0.128 e. The summed E-state index contributed by atoms with van der Waals surface area (Å²) in [5.41, 5.74) is 0.749. The Morgan fingerprint density at radius 2 is 1.95 bits per heavy atom. The van der Waals surface area contributed by atoms with Crippen LogP contribution in [-0.2, 0) is 11.3 Å². The lowest BCUT2D eigenvalue weighted by Gasteiger charge is -2.42. The molecule has 0 aromatic heterocycles. The van der Waals surface area contributed by atoms with E-state index < -0.39 is 0 Å². The monoisotopic (exact) mass is 279 g/mol. The smallest absolute Gasteiger partial charge is 0.128 e. The maximum atomic E-state index is 13.6. The van der Waals surface area contributed by atoms with Gasteiger partial charge in [0.05, 0.1) is 12.2 Å². The van der Waals surface area contributed by atoms with Crippen molar-refractivity contribution in [1.82, 2.24) is 5.32 Å². The molecule has 0 heterocycles. The van der Waals surface area contributed by atoms with Gasteiger partial charge in [-0.2, -0.15) is 0 Å². The summed E-state index contributed by atoms with van der Waals surface area (Å²) >= 11 is 0. The van der Waals surface area contributed by atoms with Gasteiger partial charge in [0.2, 0.25) is 0 Å². The van der Waals surface area contributed by atoms with Crippen LogP contribution in [0.3, 0.4) is 0 Å². The molecule has 1 aliphatic carbocycles. The summed E-state index contributed by atoms with van der Waals surface area (Å²) in [6.45, 7) is 7.82. The fourth-order valence-corrected chi connectivity index (χ4v) is 2.55. The maximum absolute atomic E-state index is 13.6. The second kappa shape index (κ2) is 6.23. The number of rotatable bonds is 6. The number of ether oxygens (including phenoxy) is 1. The Balaban J connectivity index is 1.84. The molecule has 0 spiro atoms. The molecule has 2 nitrogen and oxygen atoms in total. The van der Waals surface area contributed by atoms with Crippen molar-refractivity contribution >= 4 is 0 Å². The molecule has 0 atom stereocenters. The van der Waals surface area contributed by atoms with E-state index in [1.165, 1.54) is 12.5 Å². The zero-order valence-corrected chi connectivity index (χ0v) is 12.8. The van der Waals surface area contributed by atoms with E-state index >= 15 is 0 Å². The first-order valence-corrected chi connectivity index (χ1v) is 7.53. The average Bonchev–Trinajstić information content (AvgIpc) is 2.32. The summed E-state index contributed by atoms with van der Waals surface area (Å²) in [5.74, 6) is -0.171. The van der Waals surface area contributed by atoms with Crippen LogP contribution in [0.25, 0.3) is 0 Å². The predicted molar refractivity (Wildman–Crippen MR) is 80.1 cm³/mol. The fraction of sp³-hybridized carbons (Fsp3) is 0.647. The molecular weight excluding hydrogens is 253 g/mol. The van der Waals surface area contributed by atoms with Crippen molar-refractivity contribution in [3.8, 4) is 0 Å². The molecule has 1 aromatic carbocycles. The average molecular weight is 279 g/mol. The number of hydrogen-bond donors (Lipinski definition) is 1. The highest BCUT2D eigenvalue weighted by Crippen LogP contribution is 2.39. The predicted octanol–water partition coefficient (Wildman–Crippen LogP) is 4.04. The summed E-state index contributed by atoms with van der Waals surface area (Å²) < 4.78 is 19.7. The highest BCUT2D eigenvalue weighted by atomic mass is 19.1. The fourth-order valence-electron chi connectivity index (χ4n) is 2.55. The van der Waals surface area contributed by atoms with E-state index in [2.05, 4.69) is 26.1 Å². The van der Waals surface area contributed by atoms with Gasteiger partial charge in [-0.05, 0) is 59.1 Å².